The Labute approximate surface area is 156 Å². The zero-order chi connectivity index (χ0) is 18.5. The van der Waals surface area contributed by atoms with Crippen molar-refractivity contribution in [2.45, 2.75) is 19.9 Å². The average molecular weight is 367 g/mol. The van der Waals surface area contributed by atoms with Gasteiger partial charge in [0.1, 0.15) is 0 Å². The first-order valence-electron chi connectivity index (χ1n) is 8.33. The first-order chi connectivity index (χ1) is 12.6. The van der Waals surface area contributed by atoms with Crippen LogP contribution in [-0.2, 0) is 0 Å². The standard InChI is InChI=1S/C20H21N3O2S/c1-13-5-3-4-6-17(13)22-18(11-24)15-7-9-16(10-8-15)19(25)23-20-21-14(2)12-26-20/h3-10,12,18,22,24H,11H2,1-2H3,(H,21,23,25). The van der Waals surface area contributed by atoms with Gasteiger partial charge in [0.2, 0.25) is 0 Å². The van der Waals surface area contributed by atoms with Crippen LogP contribution in [-0.4, -0.2) is 22.6 Å². The van der Waals surface area contributed by atoms with Crippen molar-refractivity contribution in [1.82, 2.24) is 4.98 Å². The fourth-order valence-corrected chi connectivity index (χ4v) is 3.29. The van der Waals surface area contributed by atoms with E-state index in [-0.39, 0.29) is 18.6 Å². The van der Waals surface area contributed by atoms with Crippen molar-refractivity contribution >= 4 is 28.1 Å². The summed E-state index contributed by atoms with van der Waals surface area (Å²) in [6.45, 7) is 3.86. The molecule has 1 aromatic heterocycles. The lowest BCUT2D eigenvalue weighted by Crippen LogP contribution is -2.16. The lowest BCUT2D eigenvalue weighted by molar-refractivity contribution is 0.102. The van der Waals surface area contributed by atoms with Gasteiger partial charge in [0.25, 0.3) is 5.91 Å². The third-order valence-corrected chi connectivity index (χ3v) is 4.95. The second-order valence-electron chi connectivity index (χ2n) is 6.06. The van der Waals surface area contributed by atoms with Gasteiger partial charge in [-0.25, -0.2) is 4.98 Å². The van der Waals surface area contributed by atoms with Crippen LogP contribution in [0.15, 0.2) is 53.9 Å². The third kappa shape index (κ3) is 4.28. The molecule has 0 bridgehead atoms. The maximum absolute atomic E-state index is 12.3. The number of thiazole rings is 1. The number of aliphatic hydroxyl groups excluding tert-OH is 1. The maximum Gasteiger partial charge on any atom is 0.257 e. The number of hydrogen-bond acceptors (Lipinski definition) is 5. The molecule has 3 rings (SSSR count). The van der Waals surface area contributed by atoms with E-state index in [0.717, 1.165) is 22.5 Å². The first-order valence-corrected chi connectivity index (χ1v) is 9.21. The molecule has 3 aromatic rings. The molecule has 0 saturated heterocycles. The number of hydrogen-bond donors (Lipinski definition) is 3. The first kappa shape index (κ1) is 18.1. The van der Waals surface area contributed by atoms with Crippen LogP contribution < -0.4 is 10.6 Å². The highest BCUT2D eigenvalue weighted by molar-refractivity contribution is 7.13. The minimum Gasteiger partial charge on any atom is -0.394 e. The van der Waals surface area contributed by atoms with Crippen LogP contribution in [0.5, 0.6) is 0 Å². The summed E-state index contributed by atoms with van der Waals surface area (Å²) in [5.41, 5.74) is 4.44. The molecular formula is C20H21N3O2S. The molecule has 0 aliphatic heterocycles. The highest BCUT2D eigenvalue weighted by Gasteiger charge is 2.13. The summed E-state index contributed by atoms with van der Waals surface area (Å²) in [6.07, 6.45) is 0. The Morgan fingerprint density at radius 3 is 2.50 bits per heavy atom. The van der Waals surface area contributed by atoms with Gasteiger partial charge in [-0.2, -0.15) is 0 Å². The Balaban J connectivity index is 1.71. The predicted molar refractivity (Wildman–Crippen MR) is 106 cm³/mol. The second kappa shape index (κ2) is 8.12. The van der Waals surface area contributed by atoms with Crippen molar-refractivity contribution in [1.29, 1.82) is 0 Å². The Morgan fingerprint density at radius 1 is 1.15 bits per heavy atom. The van der Waals surface area contributed by atoms with Crippen molar-refractivity contribution in [2.24, 2.45) is 0 Å². The van der Waals surface area contributed by atoms with Crippen LogP contribution >= 0.6 is 11.3 Å². The molecule has 3 N–H and O–H groups in total. The summed E-state index contributed by atoms with van der Waals surface area (Å²) in [7, 11) is 0. The molecule has 2 aromatic carbocycles. The molecule has 1 atom stereocenters. The van der Waals surface area contributed by atoms with E-state index < -0.39 is 0 Å². The molecule has 0 aliphatic carbocycles. The van der Waals surface area contributed by atoms with E-state index in [1.165, 1.54) is 11.3 Å². The number of aryl methyl sites for hydroxylation is 2. The fraction of sp³-hybridized carbons (Fsp3) is 0.200. The lowest BCUT2D eigenvalue weighted by atomic mass is 10.0. The van der Waals surface area contributed by atoms with E-state index in [9.17, 15) is 9.90 Å². The SMILES string of the molecule is Cc1csc(NC(=O)c2ccc(C(CO)Nc3ccccc3C)cc2)n1. The van der Waals surface area contributed by atoms with Crippen molar-refractivity contribution in [3.05, 3.63) is 76.3 Å². The summed E-state index contributed by atoms with van der Waals surface area (Å²) in [4.78, 5) is 16.5. The van der Waals surface area contributed by atoms with Gasteiger partial charge in [-0.1, -0.05) is 30.3 Å². The molecule has 1 heterocycles. The molecule has 0 radical (unpaired) electrons. The molecule has 0 spiro atoms. The van der Waals surface area contributed by atoms with Crippen LogP contribution in [0, 0.1) is 13.8 Å². The number of carbonyl (C=O) groups is 1. The molecule has 0 fully saturated rings. The zero-order valence-corrected chi connectivity index (χ0v) is 15.5. The molecule has 1 unspecified atom stereocenters. The Hall–Kier alpha value is -2.70. The van der Waals surface area contributed by atoms with Crippen LogP contribution in [0.1, 0.15) is 33.2 Å². The zero-order valence-electron chi connectivity index (χ0n) is 14.7. The summed E-state index contributed by atoms with van der Waals surface area (Å²) < 4.78 is 0. The molecule has 26 heavy (non-hydrogen) atoms. The number of aromatic nitrogens is 1. The minimum atomic E-state index is -0.241. The molecule has 0 aliphatic rings. The van der Waals surface area contributed by atoms with E-state index in [1.54, 1.807) is 12.1 Å². The maximum atomic E-state index is 12.3. The fourth-order valence-electron chi connectivity index (χ4n) is 2.60. The number of carbonyl (C=O) groups excluding carboxylic acids is 1. The van der Waals surface area contributed by atoms with Gasteiger partial charge in [-0.05, 0) is 43.2 Å². The number of anilines is 2. The van der Waals surface area contributed by atoms with Crippen LogP contribution in [0.4, 0.5) is 10.8 Å². The lowest BCUT2D eigenvalue weighted by Gasteiger charge is -2.19. The number of nitrogens with zero attached hydrogens (tertiary/aromatic N) is 1. The van der Waals surface area contributed by atoms with Gasteiger partial charge < -0.3 is 10.4 Å². The van der Waals surface area contributed by atoms with E-state index >= 15 is 0 Å². The second-order valence-corrected chi connectivity index (χ2v) is 6.92. The van der Waals surface area contributed by atoms with E-state index in [4.69, 9.17) is 0 Å². The normalized spacial score (nSPS) is 11.8. The quantitative estimate of drug-likeness (QED) is 0.612. The summed E-state index contributed by atoms with van der Waals surface area (Å²) >= 11 is 1.40. The molecule has 134 valence electrons. The average Bonchev–Trinajstić information content (AvgIpc) is 3.06. The number of amides is 1. The van der Waals surface area contributed by atoms with Gasteiger partial charge in [0.05, 0.1) is 18.3 Å². The number of aliphatic hydroxyl groups is 1. The van der Waals surface area contributed by atoms with Crippen LogP contribution in [0.2, 0.25) is 0 Å². The Kier molecular flexibility index (Phi) is 5.65. The summed E-state index contributed by atoms with van der Waals surface area (Å²) in [6, 6.07) is 14.9. The minimum absolute atomic E-state index is 0.0434. The molecule has 5 nitrogen and oxygen atoms in total. The predicted octanol–water partition coefficient (Wildman–Crippen LogP) is 4.16. The largest absolute Gasteiger partial charge is 0.394 e. The molecular weight excluding hydrogens is 346 g/mol. The number of rotatable bonds is 6. The summed E-state index contributed by atoms with van der Waals surface area (Å²) in [5.74, 6) is -0.196. The summed E-state index contributed by atoms with van der Waals surface area (Å²) in [5, 5.41) is 18.4. The number of benzene rings is 2. The van der Waals surface area contributed by atoms with E-state index in [0.29, 0.717) is 10.7 Å². The van der Waals surface area contributed by atoms with Crippen LogP contribution in [0.25, 0.3) is 0 Å². The van der Waals surface area contributed by atoms with Crippen LogP contribution in [0.3, 0.4) is 0 Å². The molecule has 0 saturated carbocycles. The number of para-hydroxylation sites is 1. The van der Waals surface area contributed by atoms with Crippen molar-refractivity contribution in [2.75, 3.05) is 17.2 Å². The molecule has 1 amide bonds. The van der Waals surface area contributed by atoms with Crippen molar-refractivity contribution < 1.29 is 9.90 Å². The Morgan fingerprint density at radius 2 is 1.88 bits per heavy atom. The van der Waals surface area contributed by atoms with Gasteiger partial charge in [-0.3, -0.25) is 10.1 Å². The van der Waals surface area contributed by atoms with E-state index in [1.807, 2.05) is 55.6 Å². The number of nitrogens with one attached hydrogen (secondary N) is 2. The highest BCUT2D eigenvalue weighted by Crippen LogP contribution is 2.23. The Bertz CT molecular complexity index is 890. The highest BCUT2D eigenvalue weighted by atomic mass is 32.1. The topological polar surface area (TPSA) is 74.2 Å². The van der Waals surface area contributed by atoms with Crippen molar-refractivity contribution in [3.8, 4) is 0 Å². The van der Waals surface area contributed by atoms with Gasteiger partial charge in [0, 0.05) is 16.6 Å². The monoisotopic (exact) mass is 367 g/mol. The van der Waals surface area contributed by atoms with Gasteiger partial charge in [0.15, 0.2) is 5.13 Å². The third-order valence-electron chi connectivity index (χ3n) is 4.07. The smallest absolute Gasteiger partial charge is 0.257 e. The van der Waals surface area contributed by atoms with Crippen molar-refractivity contribution in [3.63, 3.8) is 0 Å². The van der Waals surface area contributed by atoms with E-state index in [2.05, 4.69) is 15.6 Å². The van der Waals surface area contributed by atoms with Gasteiger partial charge in [-0.15, -0.1) is 11.3 Å². The van der Waals surface area contributed by atoms with Gasteiger partial charge >= 0.3 is 0 Å². The molecule has 6 heteroatoms.